The maximum absolute atomic E-state index is 11.5. The minimum absolute atomic E-state index is 0.360. The van der Waals surface area contributed by atoms with Gasteiger partial charge in [-0.25, -0.2) is 9.78 Å². The number of hydrogen-bond donors (Lipinski definition) is 0. The quantitative estimate of drug-likeness (QED) is 0.536. The highest BCUT2D eigenvalue weighted by Gasteiger charge is 2.14. The van der Waals surface area contributed by atoms with Crippen molar-refractivity contribution in [2.45, 2.75) is 20.8 Å². The Balaban J connectivity index is 2.61. The van der Waals surface area contributed by atoms with E-state index in [1.54, 1.807) is 12.3 Å². The number of carbonyl (C=O) groups excluding carboxylic acids is 1. The minimum Gasteiger partial charge on any atom is -0.461 e. The van der Waals surface area contributed by atoms with Gasteiger partial charge in [-0.2, -0.15) is 0 Å². The van der Waals surface area contributed by atoms with E-state index in [2.05, 4.69) is 16.8 Å². The fraction of sp³-hybridized carbons (Fsp3) is 0.667. The normalized spacial score (nSPS) is 10.4. The zero-order chi connectivity index (χ0) is 13.4. The van der Waals surface area contributed by atoms with Crippen LogP contribution in [0.4, 0.5) is 5.13 Å². The van der Waals surface area contributed by atoms with Gasteiger partial charge in [0.1, 0.15) is 0 Å². The molecule has 0 saturated heterocycles. The number of esters is 1. The van der Waals surface area contributed by atoms with E-state index in [1.807, 2.05) is 6.92 Å². The first kappa shape index (κ1) is 14.9. The van der Waals surface area contributed by atoms with Gasteiger partial charge < -0.3 is 14.4 Å². The second-order valence-corrected chi connectivity index (χ2v) is 4.35. The molecule has 6 heteroatoms. The van der Waals surface area contributed by atoms with Crippen molar-refractivity contribution in [1.29, 1.82) is 0 Å². The molecule has 0 aliphatic rings. The molecule has 0 spiro atoms. The molecule has 1 aromatic rings. The summed E-state index contributed by atoms with van der Waals surface area (Å²) in [7, 11) is 0. The van der Waals surface area contributed by atoms with Crippen LogP contribution in [-0.4, -0.2) is 43.9 Å². The summed E-state index contributed by atoms with van der Waals surface area (Å²) in [4.78, 5) is 17.9. The topological polar surface area (TPSA) is 51.7 Å². The number of ether oxygens (including phenoxy) is 2. The summed E-state index contributed by atoms with van der Waals surface area (Å²) in [6.07, 6.45) is 0. The Hall–Kier alpha value is -1.14. The van der Waals surface area contributed by atoms with Gasteiger partial charge >= 0.3 is 5.97 Å². The van der Waals surface area contributed by atoms with Crippen molar-refractivity contribution >= 4 is 22.4 Å². The lowest BCUT2D eigenvalue weighted by Gasteiger charge is -2.19. The molecular weight excluding hydrogens is 252 g/mol. The third-order valence-corrected chi connectivity index (χ3v) is 3.24. The largest absolute Gasteiger partial charge is 0.461 e. The summed E-state index contributed by atoms with van der Waals surface area (Å²) >= 11 is 1.45. The molecule has 0 amide bonds. The number of nitrogens with zero attached hydrogens (tertiary/aromatic N) is 2. The summed E-state index contributed by atoms with van der Waals surface area (Å²) in [5.74, 6) is -0.360. The lowest BCUT2D eigenvalue weighted by molar-refractivity contribution is 0.0520. The Labute approximate surface area is 112 Å². The number of hydrogen-bond acceptors (Lipinski definition) is 6. The van der Waals surface area contributed by atoms with Gasteiger partial charge in [0.15, 0.2) is 10.8 Å². The van der Waals surface area contributed by atoms with Crippen LogP contribution in [0.5, 0.6) is 0 Å². The molecule has 0 saturated carbocycles. The van der Waals surface area contributed by atoms with E-state index < -0.39 is 0 Å². The van der Waals surface area contributed by atoms with E-state index in [0.717, 1.165) is 18.2 Å². The summed E-state index contributed by atoms with van der Waals surface area (Å²) < 4.78 is 10.2. The highest BCUT2D eigenvalue weighted by molar-refractivity contribution is 7.13. The predicted molar refractivity (Wildman–Crippen MR) is 72.5 cm³/mol. The molecule has 0 aromatic carbocycles. The van der Waals surface area contributed by atoms with Crippen LogP contribution >= 0.6 is 11.3 Å². The monoisotopic (exact) mass is 272 g/mol. The Morgan fingerprint density at radius 1 is 1.39 bits per heavy atom. The third-order valence-electron chi connectivity index (χ3n) is 2.34. The highest BCUT2D eigenvalue weighted by Crippen LogP contribution is 2.20. The number of thiazole rings is 1. The van der Waals surface area contributed by atoms with E-state index in [4.69, 9.17) is 9.47 Å². The summed E-state index contributed by atoms with van der Waals surface area (Å²) in [6.45, 7) is 9.17. The SMILES string of the molecule is CCOCCN(CC)c1nc(C(=O)OCC)cs1. The number of anilines is 1. The first-order chi connectivity index (χ1) is 8.72. The molecule has 0 aliphatic heterocycles. The van der Waals surface area contributed by atoms with Gasteiger partial charge in [0, 0.05) is 25.1 Å². The highest BCUT2D eigenvalue weighted by atomic mass is 32.1. The van der Waals surface area contributed by atoms with Crippen molar-refractivity contribution < 1.29 is 14.3 Å². The summed E-state index contributed by atoms with van der Waals surface area (Å²) in [6, 6.07) is 0. The van der Waals surface area contributed by atoms with E-state index in [0.29, 0.717) is 25.5 Å². The first-order valence-electron chi connectivity index (χ1n) is 6.18. The Morgan fingerprint density at radius 3 is 2.78 bits per heavy atom. The molecule has 0 bridgehead atoms. The van der Waals surface area contributed by atoms with Crippen molar-refractivity contribution in [3.05, 3.63) is 11.1 Å². The lowest BCUT2D eigenvalue weighted by Crippen LogP contribution is -2.27. The molecule has 0 unspecified atom stereocenters. The number of rotatable bonds is 8. The van der Waals surface area contributed by atoms with Crippen LogP contribution in [0.15, 0.2) is 5.38 Å². The van der Waals surface area contributed by atoms with Crippen LogP contribution < -0.4 is 4.90 Å². The molecule has 0 atom stereocenters. The van der Waals surface area contributed by atoms with Gasteiger partial charge in [0.25, 0.3) is 0 Å². The zero-order valence-corrected chi connectivity index (χ0v) is 12.0. The van der Waals surface area contributed by atoms with Crippen LogP contribution in [0.1, 0.15) is 31.3 Å². The third kappa shape index (κ3) is 4.27. The van der Waals surface area contributed by atoms with Crippen molar-refractivity contribution in [3.8, 4) is 0 Å². The number of carbonyl (C=O) groups is 1. The molecule has 5 nitrogen and oxygen atoms in total. The first-order valence-corrected chi connectivity index (χ1v) is 7.06. The van der Waals surface area contributed by atoms with Gasteiger partial charge in [-0.15, -0.1) is 11.3 Å². The van der Waals surface area contributed by atoms with Crippen LogP contribution in [0.2, 0.25) is 0 Å². The van der Waals surface area contributed by atoms with Crippen molar-refractivity contribution in [2.24, 2.45) is 0 Å². The standard InChI is InChI=1S/C12H20N2O3S/c1-4-14(7-8-16-5-2)12-13-10(9-18-12)11(15)17-6-3/h9H,4-8H2,1-3H3. The Bertz CT molecular complexity index is 368. The molecule has 1 heterocycles. The van der Waals surface area contributed by atoms with Gasteiger partial charge in [0.2, 0.25) is 0 Å². The molecule has 1 aromatic heterocycles. The van der Waals surface area contributed by atoms with Gasteiger partial charge in [-0.3, -0.25) is 0 Å². The molecule has 0 radical (unpaired) electrons. The zero-order valence-electron chi connectivity index (χ0n) is 11.1. The number of aromatic nitrogens is 1. The maximum atomic E-state index is 11.5. The fourth-order valence-corrected chi connectivity index (χ4v) is 2.30. The molecule has 1 rings (SSSR count). The average molecular weight is 272 g/mol. The van der Waals surface area contributed by atoms with E-state index >= 15 is 0 Å². The van der Waals surface area contributed by atoms with Gasteiger partial charge in [-0.05, 0) is 20.8 Å². The lowest BCUT2D eigenvalue weighted by atomic mass is 10.5. The molecule has 102 valence electrons. The van der Waals surface area contributed by atoms with Crippen LogP contribution in [0.3, 0.4) is 0 Å². The number of likely N-dealkylation sites (N-methyl/N-ethyl adjacent to an activating group) is 1. The van der Waals surface area contributed by atoms with Crippen molar-refractivity contribution in [3.63, 3.8) is 0 Å². The molecular formula is C12H20N2O3S. The minimum atomic E-state index is -0.360. The second kappa shape index (κ2) is 8.05. The van der Waals surface area contributed by atoms with Crippen molar-refractivity contribution in [1.82, 2.24) is 4.98 Å². The average Bonchev–Trinajstić information content (AvgIpc) is 2.84. The maximum Gasteiger partial charge on any atom is 0.357 e. The van der Waals surface area contributed by atoms with E-state index in [1.165, 1.54) is 11.3 Å². The molecule has 0 aliphatic carbocycles. The second-order valence-electron chi connectivity index (χ2n) is 3.51. The van der Waals surface area contributed by atoms with E-state index in [-0.39, 0.29) is 5.97 Å². The van der Waals surface area contributed by atoms with E-state index in [9.17, 15) is 4.79 Å². The van der Waals surface area contributed by atoms with Gasteiger partial charge in [-0.1, -0.05) is 0 Å². The van der Waals surface area contributed by atoms with Crippen LogP contribution in [0.25, 0.3) is 0 Å². The summed E-state index contributed by atoms with van der Waals surface area (Å²) in [5.41, 5.74) is 0.381. The molecule has 0 fully saturated rings. The smallest absolute Gasteiger partial charge is 0.357 e. The van der Waals surface area contributed by atoms with Crippen molar-refractivity contribution in [2.75, 3.05) is 37.8 Å². The predicted octanol–water partition coefficient (Wildman–Crippen LogP) is 2.18. The Morgan fingerprint density at radius 2 is 2.17 bits per heavy atom. The van der Waals surface area contributed by atoms with Crippen LogP contribution in [0, 0.1) is 0 Å². The van der Waals surface area contributed by atoms with Crippen LogP contribution in [-0.2, 0) is 9.47 Å². The fourth-order valence-electron chi connectivity index (χ4n) is 1.42. The summed E-state index contributed by atoms with van der Waals surface area (Å²) in [5, 5.41) is 2.57. The molecule has 0 N–H and O–H groups in total. The molecule has 18 heavy (non-hydrogen) atoms. The van der Waals surface area contributed by atoms with Gasteiger partial charge in [0.05, 0.1) is 13.2 Å². The Kier molecular flexibility index (Phi) is 6.67.